The van der Waals surface area contributed by atoms with E-state index in [1.807, 2.05) is 37.3 Å². The zero-order chi connectivity index (χ0) is 18.4. The van der Waals surface area contributed by atoms with Crippen molar-refractivity contribution in [1.82, 2.24) is 0 Å². The van der Waals surface area contributed by atoms with Gasteiger partial charge in [-0.15, -0.1) is 0 Å². The molecule has 2 aromatic rings. The molecule has 2 aromatic carbocycles. The molecule has 6 nitrogen and oxygen atoms in total. The van der Waals surface area contributed by atoms with Gasteiger partial charge in [0.2, 0.25) is 5.78 Å². The third-order valence-electron chi connectivity index (χ3n) is 3.97. The van der Waals surface area contributed by atoms with Gasteiger partial charge in [-0.05, 0) is 18.9 Å². The SMILES string of the molecule is CC[C@H](C(=O)OCC(=O)c1ccc(C)c([N+](=O)[O-])c1)c1ccccc1. The number of nitrogens with zero attached hydrogens (tertiary/aromatic N) is 1. The van der Waals surface area contributed by atoms with Crippen LogP contribution in [0.5, 0.6) is 0 Å². The molecule has 0 bridgehead atoms. The van der Waals surface area contributed by atoms with Crippen LogP contribution in [0.4, 0.5) is 5.69 Å². The predicted octanol–water partition coefficient (Wildman–Crippen LogP) is 3.82. The molecule has 0 amide bonds. The van der Waals surface area contributed by atoms with Crippen LogP contribution in [0.3, 0.4) is 0 Å². The summed E-state index contributed by atoms with van der Waals surface area (Å²) in [6, 6.07) is 13.4. The molecule has 0 spiro atoms. The summed E-state index contributed by atoms with van der Waals surface area (Å²) in [5.74, 6) is -1.40. The molecule has 0 radical (unpaired) electrons. The van der Waals surface area contributed by atoms with Crippen molar-refractivity contribution in [3.63, 3.8) is 0 Å². The van der Waals surface area contributed by atoms with Crippen LogP contribution in [-0.4, -0.2) is 23.3 Å². The fourth-order valence-corrected chi connectivity index (χ4v) is 2.52. The number of carbonyl (C=O) groups is 2. The third kappa shape index (κ3) is 4.50. The number of Topliss-reactive ketones (excluding diaryl/α,β-unsaturated/α-hetero) is 1. The van der Waals surface area contributed by atoms with Crippen molar-refractivity contribution in [3.8, 4) is 0 Å². The highest BCUT2D eigenvalue weighted by atomic mass is 16.6. The van der Waals surface area contributed by atoms with Crippen molar-refractivity contribution in [2.75, 3.05) is 6.61 Å². The van der Waals surface area contributed by atoms with Crippen LogP contribution in [-0.2, 0) is 9.53 Å². The fourth-order valence-electron chi connectivity index (χ4n) is 2.52. The van der Waals surface area contributed by atoms with E-state index in [2.05, 4.69) is 0 Å². The molecule has 0 aliphatic heterocycles. The van der Waals surface area contributed by atoms with Gasteiger partial charge in [0.25, 0.3) is 5.69 Å². The first-order valence-electron chi connectivity index (χ1n) is 7.93. The molecule has 0 fully saturated rings. The summed E-state index contributed by atoms with van der Waals surface area (Å²) in [7, 11) is 0. The second kappa shape index (κ2) is 8.19. The molecule has 25 heavy (non-hydrogen) atoms. The molecule has 0 aliphatic rings. The van der Waals surface area contributed by atoms with Crippen molar-refractivity contribution in [2.24, 2.45) is 0 Å². The molecular weight excluding hydrogens is 322 g/mol. The Morgan fingerprint density at radius 3 is 2.44 bits per heavy atom. The van der Waals surface area contributed by atoms with Crippen molar-refractivity contribution >= 4 is 17.4 Å². The minimum Gasteiger partial charge on any atom is -0.457 e. The average Bonchev–Trinajstić information content (AvgIpc) is 2.61. The van der Waals surface area contributed by atoms with Crippen LogP contribution in [0.15, 0.2) is 48.5 Å². The number of ether oxygens (including phenoxy) is 1. The molecule has 0 unspecified atom stereocenters. The van der Waals surface area contributed by atoms with Gasteiger partial charge in [-0.1, -0.05) is 49.4 Å². The van der Waals surface area contributed by atoms with Gasteiger partial charge < -0.3 is 4.74 Å². The Kier molecular flexibility index (Phi) is 6.00. The Morgan fingerprint density at radius 2 is 1.84 bits per heavy atom. The Hall–Kier alpha value is -3.02. The molecular formula is C19H19NO5. The normalized spacial score (nSPS) is 11.6. The van der Waals surface area contributed by atoms with Crippen LogP contribution in [0.1, 0.15) is 40.7 Å². The first kappa shape index (κ1) is 18.3. The lowest BCUT2D eigenvalue weighted by atomic mass is 9.97. The number of rotatable bonds is 7. The van der Waals surface area contributed by atoms with Crippen molar-refractivity contribution in [2.45, 2.75) is 26.2 Å². The van der Waals surface area contributed by atoms with Crippen LogP contribution in [0, 0.1) is 17.0 Å². The van der Waals surface area contributed by atoms with Crippen LogP contribution in [0.2, 0.25) is 0 Å². The lowest BCUT2D eigenvalue weighted by Crippen LogP contribution is -2.20. The topological polar surface area (TPSA) is 86.5 Å². The van der Waals surface area contributed by atoms with Gasteiger partial charge in [-0.25, -0.2) is 0 Å². The van der Waals surface area contributed by atoms with Gasteiger partial charge in [-0.3, -0.25) is 19.7 Å². The van der Waals surface area contributed by atoms with Gasteiger partial charge in [0.1, 0.15) is 0 Å². The number of nitro benzene ring substituents is 1. The lowest BCUT2D eigenvalue weighted by Gasteiger charge is -2.14. The minimum absolute atomic E-state index is 0.132. The maximum atomic E-state index is 12.3. The zero-order valence-corrected chi connectivity index (χ0v) is 14.1. The number of esters is 1. The fraction of sp³-hybridized carbons (Fsp3) is 0.263. The molecule has 0 saturated carbocycles. The average molecular weight is 341 g/mol. The zero-order valence-electron chi connectivity index (χ0n) is 14.1. The lowest BCUT2D eigenvalue weighted by molar-refractivity contribution is -0.385. The van der Waals surface area contributed by atoms with Gasteiger partial charge in [0.05, 0.1) is 10.8 Å². The summed E-state index contributed by atoms with van der Waals surface area (Å²) in [5.41, 5.74) is 1.31. The molecule has 2 rings (SSSR count). The van der Waals surface area contributed by atoms with Crippen LogP contribution >= 0.6 is 0 Å². The van der Waals surface area contributed by atoms with Gasteiger partial charge in [0, 0.05) is 17.2 Å². The number of carbonyl (C=O) groups excluding carboxylic acids is 2. The van der Waals surface area contributed by atoms with Crippen molar-refractivity contribution in [1.29, 1.82) is 0 Å². The second-order valence-electron chi connectivity index (χ2n) is 5.66. The third-order valence-corrected chi connectivity index (χ3v) is 3.97. The van der Waals surface area contributed by atoms with Crippen LogP contribution in [0.25, 0.3) is 0 Å². The van der Waals surface area contributed by atoms with E-state index in [1.165, 1.54) is 18.2 Å². The summed E-state index contributed by atoms with van der Waals surface area (Å²) in [5, 5.41) is 11.0. The second-order valence-corrected chi connectivity index (χ2v) is 5.66. The molecule has 130 valence electrons. The van der Waals surface area contributed by atoms with Gasteiger partial charge in [-0.2, -0.15) is 0 Å². The molecule has 6 heteroatoms. The highest BCUT2D eigenvalue weighted by molar-refractivity contribution is 5.98. The molecule has 0 aromatic heterocycles. The Balaban J connectivity index is 2.05. The molecule has 0 aliphatic carbocycles. The Morgan fingerprint density at radius 1 is 1.16 bits per heavy atom. The number of hydrogen-bond donors (Lipinski definition) is 0. The standard InChI is InChI=1S/C19H19NO5/c1-3-16(14-7-5-4-6-8-14)19(22)25-12-18(21)15-10-9-13(2)17(11-15)20(23)24/h4-11,16H,3,12H2,1-2H3/t16-/m0/s1. The van der Waals surface area contributed by atoms with E-state index in [1.54, 1.807) is 6.92 Å². The smallest absolute Gasteiger partial charge is 0.313 e. The monoisotopic (exact) mass is 341 g/mol. The van der Waals surface area contributed by atoms with E-state index in [0.717, 1.165) is 5.56 Å². The highest BCUT2D eigenvalue weighted by Gasteiger charge is 2.22. The van der Waals surface area contributed by atoms with E-state index in [0.29, 0.717) is 12.0 Å². The summed E-state index contributed by atoms with van der Waals surface area (Å²) >= 11 is 0. The highest BCUT2D eigenvalue weighted by Crippen LogP contribution is 2.22. The maximum Gasteiger partial charge on any atom is 0.313 e. The van der Waals surface area contributed by atoms with E-state index < -0.39 is 29.2 Å². The maximum absolute atomic E-state index is 12.3. The largest absolute Gasteiger partial charge is 0.457 e. The Labute approximate surface area is 145 Å². The first-order chi connectivity index (χ1) is 11.9. The van der Waals surface area contributed by atoms with E-state index in [-0.39, 0.29) is 11.3 Å². The molecule has 1 atom stereocenters. The predicted molar refractivity (Wildman–Crippen MR) is 92.6 cm³/mol. The molecule has 0 heterocycles. The number of benzene rings is 2. The van der Waals surface area contributed by atoms with Gasteiger partial charge >= 0.3 is 5.97 Å². The summed E-state index contributed by atoms with van der Waals surface area (Å²) < 4.78 is 5.14. The van der Waals surface area contributed by atoms with Crippen LogP contribution < -0.4 is 0 Å². The number of nitro groups is 1. The van der Waals surface area contributed by atoms with E-state index in [4.69, 9.17) is 4.74 Å². The van der Waals surface area contributed by atoms with Crippen molar-refractivity contribution in [3.05, 3.63) is 75.3 Å². The molecule has 0 saturated heterocycles. The molecule has 0 N–H and O–H groups in total. The number of hydrogen-bond acceptors (Lipinski definition) is 5. The van der Waals surface area contributed by atoms with Gasteiger partial charge in [0.15, 0.2) is 6.61 Å². The summed E-state index contributed by atoms with van der Waals surface area (Å²) in [6.07, 6.45) is 0.549. The van der Waals surface area contributed by atoms with E-state index in [9.17, 15) is 19.7 Å². The first-order valence-corrected chi connectivity index (χ1v) is 7.93. The van der Waals surface area contributed by atoms with E-state index >= 15 is 0 Å². The summed E-state index contributed by atoms with van der Waals surface area (Å²) in [4.78, 5) is 34.9. The quantitative estimate of drug-likeness (QED) is 0.331. The number of ketones is 1. The van der Waals surface area contributed by atoms with Crippen molar-refractivity contribution < 1.29 is 19.2 Å². The minimum atomic E-state index is -0.541. The number of aryl methyl sites for hydroxylation is 1. The summed E-state index contributed by atoms with van der Waals surface area (Å²) in [6.45, 7) is 3.02. The Bertz CT molecular complexity index is 786.